The van der Waals surface area contributed by atoms with Crippen LogP contribution >= 0.6 is 11.3 Å². The second-order valence-electron chi connectivity index (χ2n) is 6.62. The molecule has 3 rings (SSSR count). The Morgan fingerprint density at radius 2 is 1.82 bits per heavy atom. The second-order valence-corrected chi connectivity index (χ2v) is 7.48. The van der Waals surface area contributed by atoms with E-state index in [2.05, 4.69) is 72.6 Å². The van der Waals surface area contributed by atoms with E-state index in [4.69, 9.17) is 0 Å². The zero-order valence-corrected chi connectivity index (χ0v) is 14.3. The fraction of sp³-hybridized carbons (Fsp3) is 0.333. The predicted molar refractivity (Wildman–Crippen MR) is 94.6 cm³/mol. The Labute approximate surface area is 135 Å². The molecule has 0 aliphatic carbocycles. The molecule has 0 aliphatic rings. The molecule has 114 valence electrons. The number of rotatable bonds is 3. The molecule has 22 heavy (non-hydrogen) atoms. The van der Waals surface area contributed by atoms with Crippen LogP contribution in [0.3, 0.4) is 0 Å². The van der Waals surface area contributed by atoms with Crippen molar-refractivity contribution in [2.75, 3.05) is 5.32 Å². The van der Waals surface area contributed by atoms with Crippen molar-refractivity contribution < 1.29 is 0 Å². The van der Waals surface area contributed by atoms with Crippen LogP contribution in [-0.2, 0) is 12.0 Å². The van der Waals surface area contributed by atoms with Crippen molar-refractivity contribution in [2.45, 2.75) is 39.7 Å². The van der Waals surface area contributed by atoms with Gasteiger partial charge in [-0.25, -0.2) is 9.97 Å². The van der Waals surface area contributed by atoms with Gasteiger partial charge in [0.2, 0.25) is 0 Å². The molecule has 0 atom stereocenters. The first-order chi connectivity index (χ1) is 10.4. The molecule has 4 heteroatoms. The number of aryl methyl sites for hydroxylation is 1. The summed E-state index contributed by atoms with van der Waals surface area (Å²) in [4.78, 5) is 9.76. The van der Waals surface area contributed by atoms with Crippen LogP contribution in [-0.4, -0.2) is 9.97 Å². The first kappa shape index (κ1) is 15.0. The third kappa shape index (κ3) is 2.97. The SMILES string of the molecule is Cc1csc2ncnc(NCc3ccc(C(C)(C)C)cc3)c12. The molecular formula is C18H21N3S. The normalized spacial score (nSPS) is 11.8. The van der Waals surface area contributed by atoms with Crippen molar-refractivity contribution >= 4 is 27.4 Å². The zero-order valence-electron chi connectivity index (χ0n) is 13.5. The maximum atomic E-state index is 4.40. The van der Waals surface area contributed by atoms with Crippen LogP contribution in [0.2, 0.25) is 0 Å². The van der Waals surface area contributed by atoms with Crippen molar-refractivity contribution in [1.29, 1.82) is 0 Å². The van der Waals surface area contributed by atoms with Crippen LogP contribution in [0.15, 0.2) is 36.0 Å². The van der Waals surface area contributed by atoms with E-state index in [1.54, 1.807) is 17.7 Å². The van der Waals surface area contributed by atoms with E-state index in [0.717, 1.165) is 22.6 Å². The lowest BCUT2D eigenvalue weighted by Crippen LogP contribution is -2.11. The lowest BCUT2D eigenvalue weighted by atomic mass is 9.87. The van der Waals surface area contributed by atoms with Gasteiger partial charge in [0.25, 0.3) is 0 Å². The lowest BCUT2D eigenvalue weighted by molar-refractivity contribution is 0.590. The third-order valence-corrected chi connectivity index (χ3v) is 4.84. The highest BCUT2D eigenvalue weighted by molar-refractivity contribution is 7.17. The van der Waals surface area contributed by atoms with Gasteiger partial charge in [-0.05, 0) is 34.4 Å². The summed E-state index contributed by atoms with van der Waals surface area (Å²) in [5.74, 6) is 0.920. The molecule has 0 saturated heterocycles. The molecule has 3 aromatic rings. The van der Waals surface area contributed by atoms with Crippen molar-refractivity contribution in [1.82, 2.24) is 9.97 Å². The standard InChI is InChI=1S/C18H21N3S/c1-12-10-22-17-15(12)16(20-11-21-17)19-9-13-5-7-14(8-6-13)18(2,3)4/h5-8,10-11H,9H2,1-4H3,(H,19,20,21). The van der Waals surface area contributed by atoms with E-state index in [1.165, 1.54) is 16.7 Å². The van der Waals surface area contributed by atoms with E-state index in [0.29, 0.717) is 0 Å². The van der Waals surface area contributed by atoms with Gasteiger partial charge in [0.05, 0.1) is 5.39 Å². The Balaban J connectivity index is 1.78. The number of fused-ring (bicyclic) bond motifs is 1. The van der Waals surface area contributed by atoms with Gasteiger partial charge in [-0.3, -0.25) is 0 Å². The van der Waals surface area contributed by atoms with Crippen molar-refractivity contribution in [2.24, 2.45) is 0 Å². The molecule has 2 aromatic heterocycles. The maximum Gasteiger partial charge on any atom is 0.138 e. The smallest absolute Gasteiger partial charge is 0.138 e. The summed E-state index contributed by atoms with van der Waals surface area (Å²) in [6.45, 7) is 9.57. The molecule has 0 spiro atoms. The molecule has 0 radical (unpaired) electrons. The Morgan fingerprint density at radius 1 is 1.09 bits per heavy atom. The molecule has 0 fully saturated rings. The van der Waals surface area contributed by atoms with Gasteiger partial charge >= 0.3 is 0 Å². The van der Waals surface area contributed by atoms with Crippen LogP contribution in [0.5, 0.6) is 0 Å². The van der Waals surface area contributed by atoms with Gasteiger partial charge in [0, 0.05) is 6.54 Å². The summed E-state index contributed by atoms with van der Waals surface area (Å²) in [6, 6.07) is 8.80. The number of hydrogen-bond acceptors (Lipinski definition) is 4. The minimum absolute atomic E-state index is 0.193. The van der Waals surface area contributed by atoms with Gasteiger partial charge in [-0.1, -0.05) is 45.0 Å². The summed E-state index contributed by atoms with van der Waals surface area (Å²) in [5.41, 5.74) is 4.03. The number of benzene rings is 1. The predicted octanol–water partition coefficient (Wildman–Crippen LogP) is 4.91. The molecule has 1 N–H and O–H groups in total. The highest BCUT2D eigenvalue weighted by Crippen LogP contribution is 2.28. The summed E-state index contributed by atoms with van der Waals surface area (Å²) in [6.07, 6.45) is 1.63. The maximum absolute atomic E-state index is 4.40. The zero-order chi connectivity index (χ0) is 15.7. The van der Waals surface area contributed by atoms with Crippen LogP contribution in [0.4, 0.5) is 5.82 Å². The summed E-state index contributed by atoms with van der Waals surface area (Å²) in [7, 11) is 0. The van der Waals surface area contributed by atoms with Gasteiger partial charge < -0.3 is 5.32 Å². The Hall–Kier alpha value is -1.94. The Kier molecular flexibility index (Phi) is 3.87. The quantitative estimate of drug-likeness (QED) is 0.747. The fourth-order valence-corrected chi connectivity index (χ4v) is 3.35. The van der Waals surface area contributed by atoms with Crippen LogP contribution in [0.25, 0.3) is 10.2 Å². The topological polar surface area (TPSA) is 37.8 Å². The van der Waals surface area contributed by atoms with E-state index in [-0.39, 0.29) is 5.41 Å². The molecule has 0 aliphatic heterocycles. The number of anilines is 1. The van der Waals surface area contributed by atoms with E-state index < -0.39 is 0 Å². The average Bonchev–Trinajstić information content (AvgIpc) is 2.87. The lowest BCUT2D eigenvalue weighted by Gasteiger charge is -2.19. The first-order valence-electron chi connectivity index (χ1n) is 7.47. The highest BCUT2D eigenvalue weighted by atomic mass is 32.1. The number of nitrogens with one attached hydrogen (secondary N) is 1. The van der Waals surface area contributed by atoms with Gasteiger partial charge in [0.15, 0.2) is 0 Å². The molecule has 3 nitrogen and oxygen atoms in total. The Bertz CT molecular complexity index is 782. The van der Waals surface area contributed by atoms with Crippen molar-refractivity contribution in [3.63, 3.8) is 0 Å². The Morgan fingerprint density at radius 3 is 2.50 bits per heavy atom. The number of thiophene rings is 1. The molecule has 2 heterocycles. The van der Waals surface area contributed by atoms with Gasteiger partial charge in [-0.2, -0.15) is 0 Å². The summed E-state index contributed by atoms with van der Waals surface area (Å²) >= 11 is 1.66. The molecular weight excluding hydrogens is 290 g/mol. The molecule has 1 aromatic carbocycles. The van der Waals surface area contributed by atoms with Crippen LogP contribution in [0.1, 0.15) is 37.5 Å². The van der Waals surface area contributed by atoms with Gasteiger partial charge in [-0.15, -0.1) is 11.3 Å². The highest BCUT2D eigenvalue weighted by Gasteiger charge is 2.13. The minimum Gasteiger partial charge on any atom is -0.365 e. The fourth-order valence-electron chi connectivity index (χ4n) is 2.46. The van der Waals surface area contributed by atoms with E-state index in [9.17, 15) is 0 Å². The van der Waals surface area contributed by atoms with E-state index in [1.807, 2.05) is 0 Å². The number of hydrogen-bond donors (Lipinski definition) is 1. The molecule has 0 saturated carbocycles. The molecule has 0 bridgehead atoms. The number of aromatic nitrogens is 2. The monoisotopic (exact) mass is 311 g/mol. The molecule has 0 unspecified atom stereocenters. The van der Waals surface area contributed by atoms with Crippen molar-refractivity contribution in [3.05, 3.63) is 52.7 Å². The summed E-state index contributed by atoms with van der Waals surface area (Å²) in [5, 5.41) is 6.71. The average molecular weight is 311 g/mol. The van der Waals surface area contributed by atoms with E-state index >= 15 is 0 Å². The first-order valence-corrected chi connectivity index (χ1v) is 8.35. The molecule has 0 amide bonds. The second kappa shape index (κ2) is 5.69. The summed E-state index contributed by atoms with van der Waals surface area (Å²) < 4.78 is 0. The third-order valence-electron chi connectivity index (χ3n) is 3.83. The van der Waals surface area contributed by atoms with Gasteiger partial charge in [0.1, 0.15) is 17.0 Å². The number of nitrogens with zero attached hydrogens (tertiary/aromatic N) is 2. The largest absolute Gasteiger partial charge is 0.365 e. The van der Waals surface area contributed by atoms with Crippen LogP contribution in [0, 0.1) is 6.92 Å². The van der Waals surface area contributed by atoms with Crippen LogP contribution < -0.4 is 5.32 Å². The minimum atomic E-state index is 0.193. The van der Waals surface area contributed by atoms with Crippen molar-refractivity contribution in [3.8, 4) is 0 Å².